The number of rotatable bonds is 4. The number of pyridine rings is 1. The van der Waals surface area contributed by atoms with Crippen LogP contribution in [0.5, 0.6) is 0 Å². The summed E-state index contributed by atoms with van der Waals surface area (Å²) in [5, 5.41) is 3.20. The minimum absolute atomic E-state index is 0.592. The molecule has 0 amide bonds. The number of nitrogens with two attached hydrogens (primary N) is 1. The Bertz CT molecular complexity index is 485. The molecule has 88 valence electrons. The maximum Gasteiger partial charge on any atom is 0.145 e. The Labute approximate surface area is 99.3 Å². The zero-order valence-corrected chi connectivity index (χ0v) is 9.51. The molecule has 0 aliphatic carbocycles. The topological polar surface area (TPSA) is 88.8 Å². The van der Waals surface area contributed by atoms with Crippen molar-refractivity contribution in [2.24, 2.45) is 5.84 Å². The van der Waals surface area contributed by atoms with E-state index in [1.165, 1.54) is 0 Å². The van der Waals surface area contributed by atoms with Gasteiger partial charge in [-0.2, -0.15) is 0 Å². The minimum Gasteiger partial charge on any atom is -0.366 e. The van der Waals surface area contributed by atoms with E-state index in [-0.39, 0.29) is 0 Å². The first-order chi connectivity index (χ1) is 8.28. The third kappa shape index (κ3) is 3.12. The van der Waals surface area contributed by atoms with Crippen LogP contribution in [0.25, 0.3) is 0 Å². The molecule has 0 bridgehead atoms. The Balaban J connectivity index is 2.06. The van der Waals surface area contributed by atoms with E-state index >= 15 is 0 Å². The number of nitrogens with one attached hydrogen (secondary N) is 2. The molecule has 2 rings (SSSR count). The Hall–Kier alpha value is -2.21. The molecule has 0 saturated heterocycles. The molecule has 17 heavy (non-hydrogen) atoms. The quantitative estimate of drug-likeness (QED) is 0.538. The fraction of sp³-hybridized carbons (Fsp3) is 0.182. The lowest BCUT2D eigenvalue weighted by Crippen LogP contribution is -2.11. The average molecular weight is 230 g/mol. The number of aryl methyl sites for hydroxylation is 1. The standard InChI is InChI=1S/C11H14N6/c1-8-15-10(6-11(16-8)17-12)14-7-9-2-4-13-5-3-9/h2-6H,7,12H2,1H3,(H2,14,15,16,17). The van der Waals surface area contributed by atoms with Gasteiger partial charge in [0.2, 0.25) is 0 Å². The molecule has 0 aliphatic heterocycles. The van der Waals surface area contributed by atoms with E-state index in [1.54, 1.807) is 18.5 Å². The Kier molecular flexibility index (Phi) is 3.46. The van der Waals surface area contributed by atoms with Crippen LogP contribution >= 0.6 is 0 Å². The van der Waals surface area contributed by atoms with Crippen LogP contribution in [0, 0.1) is 6.92 Å². The van der Waals surface area contributed by atoms with Crippen molar-refractivity contribution in [3.8, 4) is 0 Å². The van der Waals surface area contributed by atoms with Crippen LogP contribution in [0.4, 0.5) is 11.6 Å². The summed E-state index contributed by atoms with van der Waals surface area (Å²) >= 11 is 0. The number of nitrogens with zero attached hydrogens (tertiary/aromatic N) is 3. The monoisotopic (exact) mass is 230 g/mol. The first-order valence-corrected chi connectivity index (χ1v) is 5.23. The van der Waals surface area contributed by atoms with E-state index in [2.05, 4.69) is 25.7 Å². The van der Waals surface area contributed by atoms with Gasteiger partial charge in [-0.3, -0.25) is 4.98 Å². The van der Waals surface area contributed by atoms with Gasteiger partial charge in [0.15, 0.2) is 0 Å². The van der Waals surface area contributed by atoms with Crippen LogP contribution in [0.15, 0.2) is 30.6 Å². The highest BCUT2D eigenvalue weighted by Gasteiger charge is 2.00. The van der Waals surface area contributed by atoms with E-state index in [9.17, 15) is 0 Å². The number of nitrogen functional groups attached to an aromatic ring is 1. The summed E-state index contributed by atoms with van der Waals surface area (Å²) in [5.41, 5.74) is 3.64. The summed E-state index contributed by atoms with van der Waals surface area (Å²) in [5.74, 6) is 7.31. The second-order valence-corrected chi connectivity index (χ2v) is 3.54. The lowest BCUT2D eigenvalue weighted by atomic mass is 10.3. The van der Waals surface area contributed by atoms with Crippen LogP contribution in [0.3, 0.4) is 0 Å². The highest BCUT2D eigenvalue weighted by Crippen LogP contribution is 2.11. The zero-order chi connectivity index (χ0) is 12.1. The molecule has 4 N–H and O–H groups in total. The van der Waals surface area contributed by atoms with Gasteiger partial charge in [0.1, 0.15) is 17.5 Å². The molecule has 2 aromatic rings. The molecular weight excluding hydrogens is 216 g/mol. The summed E-state index contributed by atoms with van der Waals surface area (Å²) in [7, 11) is 0. The lowest BCUT2D eigenvalue weighted by molar-refractivity contribution is 1.01. The van der Waals surface area contributed by atoms with Crippen LogP contribution in [0.2, 0.25) is 0 Å². The number of hydrogen-bond donors (Lipinski definition) is 3. The summed E-state index contributed by atoms with van der Waals surface area (Å²) in [6.45, 7) is 2.50. The molecule has 6 nitrogen and oxygen atoms in total. The van der Waals surface area contributed by atoms with Gasteiger partial charge in [0.25, 0.3) is 0 Å². The van der Waals surface area contributed by atoms with Gasteiger partial charge < -0.3 is 10.7 Å². The van der Waals surface area contributed by atoms with Crippen molar-refractivity contribution in [3.63, 3.8) is 0 Å². The Morgan fingerprint density at radius 2 is 1.88 bits per heavy atom. The molecule has 0 spiro atoms. The smallest absolute Gasteiger partial charge is 0.145 e. The van der Waals surface area contributed by atoms with E-state index in [0.29, 0.717) is 18.2 Å². The van der Waals surface area contributed by atoms with E-state index in [4.69, 9.17) is 5.84 Å². The predicted octanol–water partition coefficient (Wildman–Crippen LogP) is 1.08. The Morgan fingerprint density at radius 3 is 2.59 bits per heavy atom. The fourth-order valence-electron chi connectivity index (χ4n) is 1.43. The third-order valence-electron chi connectivity index (χ3n) is 2.21. The molecule has 0 saturated carbocycles. The van der Waals surface area contributed by atoms with Gasteiger partial charge in [-0.15, -0.1) is 0 Å². The number of hydrazine groups is 1. The zero-order valence-electron chi connectivity index (χ0n) is 9.51. The lowest BCUT2D eigenvalue weighted by Gasteiger charge is -2.08. The fourth-order valence-corrected chi connectivity index (χ4v) is 1.43. The number of anilines is 2. The van der Waals surface area contributed by atoms with Gasteiger partial charge in [0.05, 0.1) is 0 Å². The third-order valence-corrected chi connectivity index (χ3v) is 2.21. The van der Waals surface area contributed by atoms with Crippen molar-refractivity contribution >= 4 is 11.6 Å². The molecule has 2 heterocycles. The average Bonchev–Trinajstić information content (AvgIpc) is 2.37. The van der Waals surface area contributed by atoms with Crippen LogP contribution < -0.4 is 16.6 Å². The predicted molar refractivity (Wildman–Crippen MR) is 66.1 cm³/mol. The molecular formula is C11H14N6. The summed E-state index contributed by atoms with van der Waals surface area (Å²) in [4.78, 5) is 12.3. The largest absolute Gasteiger partial charge is 0.366 e. The van der Waals surface area contributed by atoms with Crippen LogP contribution in [-0.4, -0.2) is 15.0 Å². The summed E-state index contributed by atoms with van der Waals surface area (Å²) < 4.78 is 0. The molecule has 2 aromatic heterocycles. The van der Waals surface area contributed by atoms with Gasteiger partial charge in [-0.25, -0.2) is 15.8 Å². The Morgan fingerprint density at radius 1 is 1.18 bits per heavy atom. The van der Waals surface area contributed by atoms with Gasteiger partial charge in [0, 0.05) is 25.0 Å². The van der Waals surface area contributed by atoms with Crippen molar-refractivity contribution in [3.05, 3.63) is 42.0 Å². The number of aromatic nitrogens is 3. The first-order valence-electron chi connectivity index (χ1n) is 5.23. The van der Waals surface area contributed by atoms with E-state index in [1.807, 2.05) is 19.1 Å². The SMILES string of the molecule is Cc1nc(NN)cc(NCc2ccncc2)n1. The normalized spacial score (nSPS) is 10.0. The van der Waals surface area contributed by atoms with Crippen molar-refractivity contribution < 1.29 is 0 Å². The van der Waals surface area contributed by atoms with Gasteiger partial charge in [-0.1, -0.05) is 0 Å². The molecule has 6 heteroatoms. The molecule has 0 unspecified atom stereocenters. The maximum absolute atomic E-state index is 5.32. The van der Waals surface area contributed by atoms with Crippen molar-refractivity contribution in [2.45, 2.75) is 13.5 Å². The highest BCUT2D eigenvalue weighted by molar-refractivity contribution is 5.47. The maximum atomic E-state index is 5.32. The summed E-state index contributed by atoms with van der Waals surface area (Å²) in [6, 6.07) is 5.65. The second kappa shape index (κ2) is 5.22. The minimum atomic E-state index is 0.592. The van der Waals surface area contributed by atoms with Crippen LogP contribution in [0.1, 0.15) is 11.4 Å². The number of hydrogen-bond acceptors (Lipinski definition) is 6. The van der Waals surface area contributed by atoms with Gasteiger partial charge >= 0.3 is 0 Å². The molecule has 0 fully saturated rings. The van der Waals surface area contributed by atoms with E-state index in [0.717, 1.165) is 11.4 Å². The van der Waals surface area contributed by atoms with E-state index < -0.39 is 0 Å². The molecule has 0 aliphatic rings. The van der Waals surface area contributed by atoms with Crippen molar-refractivity contribution in [2.75, 3.05) is 10.7 Å². The summed E-state index contributed by atoms with van der Waals surface area (Å²) in [6.07, 6.45) is 3.52. The first kappa shape index (κ1) is 11.3. The van der Waals surface area contributed by atoms with Gasteiger partial charge in [-0.05, 0) is 24.6 Å². The molecule has 0 aromatic carbocycles. The second-order valence-electron chi connectivity index (χ2n) is 3.54. The molecule has 0 atom stereocenters. The van der Waals surface area contributed by atoms with Crippen molar-refractivity contribution in [1.29, 1.82) is 0 Å². The van der Waals surface area contributed by atoms with Crippen molar-refractivity contribution in [1.82, 2.24) is 15.0 Å². The molecule has 0 radical (unpaired) electrons. The van der Waals surface area contributed by atoms with Crippen LogP contribution in [-0.2, 0) is 6.54 Å². The highest BCUT2D eigenvalue weighted by atomic mass is 15.3.